The summed E-state index contributed by atoms with van der Waals surface area (Å²) in [5.41, 5.74) is 3.54. The van der Waals surface area contributed by atoms with Crippen molar-refractivity contribution in [2.75, 3.05) is 18.9 Å². The monoisotopic (exact) mass is 417 g/mol. The number of hydrogen-bond acceptors (Lipinski definition) is 7. The molecule has 4 rings (SSSR count). The van der Waals surface area contributed by atoms with Crippen LogP contribution in [0.3, 0.4) is 0 Å². The molecule has 0 aliphatic carbocycles. The lowest BCUT2D eigenvalue weighted by atomic mass is 10.1. The molecule has 0 atom stereocenters. The average Bonchev–Trinajstić information content (AvgIpc) is 3.44. The number of nitrogens with zero attached hydrogens (tertiary/aromatic N) is 4. The number of nitriles is 1. The summed E-state index contributed by atoms with van der Waals surface area (Å²) in [5, 5.41) is 15.5. The number of carbonyl (C=O) groups is 2. The highest BCUT2D eigenvalue weighted by molar-refractivity contribution is 5.98. The lowest BCUT2D eigenvalue weighted by Crippen LogP contribution is -2.34. The Balaban J connectivity index is 1.72. The molecule has 1 aliphatic rings. The molecule has 0 fully saturated rings. The predicted molar refractivity (Wildman–Crippen MR) is 112 cm³/mol. The zero-order valence-corrected chi connectivity index (χ0v) is 16.9. The largest absolute Gasteiger partial charge is 0.443 e. The lowest BCUT2D eigenvalue weighted by Gasteiger charge is -2.27. The summed E-state index contributed by atoms with van der Waals surface area (Å²) in [5.74, 6) is -0.395. The van der Waals surface area contributed by atoms with Gasteiger partial charge in [0.2, 0.25) is 11.8 Å². The number of amides is 2. The van der Waals surface area contributed by atoms with Gasteiger partial charge in [0.25, 0.3) is 5.91 Å². The molecule has 0 bridgehead atoms. The number of aromatic nitrogens is 3. The standard InChI is InChI=1S/C21H19N7O3/c1-12-3-4-13(10-28(12)17(29)5-7-22)26-18-14-6-8-24-19(14)25-9-15(18)21-27-16(11-31-21)20(30)23-2/h3-4,6,8-9,11H,5,10H2,1-2H3,(H,23,30)(H2,24,25,26). The highest BCUT2D eigenvalue weighted by Gasteiger charge is 2.22. The predicted octanol–water partition coefficient (Wildman–Crippen LogP) is 2.53. The van der Waals surface area contributed by atoms with Gasteiger partial charge in [-0.3, -0.25) is 9.59 Å². The fourth-order valence-electron chi connectivity index (χ4n) is 3.28. The molecule has 3 aromatic heterocycles. The Morgan fingerprint density at radius 2 is 2.23 bits per heavy atom. The van der Waals surface area contributed by atoms with Crippen LogP contribution < -0.4 is 10.6 Å². The van der Waals surface area contributed by atoms with Gasteiger partial charge in [0, 0.05) is 36.2 Å². The van der Waals surface area contributed by atoms with Gasteiger partial charge in [-0.25, -0.2) is 9.97 Å². The molecule has 156 valence electrons. The van der Waals surface area contributed by atoms with Gasteiger partial charge in [0.05, 0.1) is 23.9 Å². The number of aromatic amines is 1. The molecule has 10 nitrogen and oxygen atoms in total. The van der Waals surface area contributed by atoms with Crippen LogP contribution in [0.15, 0.2) is 52.7 Å². The number of oxazole rings is 1. The van der Waals surface area contributed by atoms with Crippen molar-refractivity contribution in [3.8, 4) is 17.5 Å². The fourth-order valence-corrected chi connectivity index (χ4v) is 3.28. The third kappa shape index (κ3) is 3.76. The molecular weight excluding hydrogens is 398 g/mol. The first-order valence-corrected chi connectivity index (χ1v) is 9.47. The smallest absolute Gasteiger partial charge is 0.272 e. The zero-order chi connectivity index (χ0) is 22.0. The Bertz CT molecular complexity index is 1280. The first kappa shape index (κ1) is 19.9. The van der Waals surface area contributed by atoms with Crippen molar-refractivity contribution in [3.63, 3.8) is 0 Å². The third-order valence-electron chi connectivity index (χ3n) is 4.88. The van der Waals surface area contributed by atoms with Crippen molar-refractivity contribution in [2.45, 2.75) is 13.3 Å². The number of rotatable bonds is 5. The van der Waals surface area contributed by atoms with Crippen molar-refractivity contribution < 1.29 is 14.0 Å². The summed E-state index contributed by atoms with van der Waals surface area (Å²) in [6, 6.07) is 3.75. The maximum Gasteiger partial charge on any atom is 0.272 e. The van der Waals surface area contributed by atoms with E-state index in [1.165, 1.54) is 13.3 Å². The van der Waals surface area contributed by atoms with Gasteiger partial charge < -0.3 is 24.9 Å². The molecule has 0 spiro atoms. The van der Waals surface area contributed by atoms with Crippen LogP contribution in [0.25, 0.3) is 22.5 Å². The van der Waals surface area contributed by atoms with Crippen LogP contribution in [0.4, 0.5) is 5.69 Å². The first-order chi connectivity index (χ1) is 15.0. The van der Waals surface area contributed by atoms with Crippen molar-refractivity contribution >= 4 is 28.5 Å². The van der Waals surface area contributed by atoms with Gasteiger partial charge in [-0.2, -0.15) is 5.26 Å². The summed E-state index contributed by atoms with van der Waals surface area (Å²) >= 11 is 0. The van der Waals surface area contributed by atoms with Crippen molar-refractivity contribution in [1.82, 2.24) is 25.2 Å². The third-order valence-corrected chi connectivity index (χ3v) is 4.88. The zero-order valence-electron chi connectivity index (χ0n) is 16.9. The molecule has 2 amide bonds. The molecule has 0 saturated carbocycles. The molecule has 3 aromatic rings. The van der Waals surface area contributed by atoms with Gasteiger partial charge >= 0.3 is 0 Å². The number of H-pyrrole nitrogens is 1. The van der Waals surface area contributed by atoms with Crippen LogP contribution in [-0.2, 0) is 4.79 Å². The second-order valence-corrected chi connectivity index (χ2v) is 6.84. The van der Waals surface area contributed by atoms with Gasteiger partial charge in [-0.15, -0.1) is 0 Å². The van der Waals surface area contributed by atoms with E-state index < -0.39 is 0 Å². The number of pyridine rings is 1. The summed E-state index contributed by atoms with van der Waals surface area (Å²) in [4.78, 5) is 37.4. The highest BCUT2D eigenvalue weighted by Crippen LogP contribution is 2.34. The number of nitrogens with one attached hydrogen (secondary N) is 3. The Morgan fingerprint density at radius 1 is 1.39 bits per heavy atom. The molecule has 31 heavy (non-hydrogen) atoms. The Kier molecular flexibility index (Phi) is 5.24. The summed E-state index contributed by atoms with van der Waals surface area (Å²) in [7, 11) is 1.52. The second kappa shape index (κ2) is 8.16. The first-order valence-electron chi connectivity index (χ1n) is 9.47. The summed E-state index contributed by atoms with van der Waals surface area (Å²) in [6.45, 7) is 2.10. The maximum absolute atomic E-state index is 12.3. The highest BCUT2D eigenvalue weighted by atomic mass is 16.3. The van der Waals surface area contributed by atoms with Gasteiger partial charge in [-0.05, 0) is 25.1 Å². The number of carbonyl (C=O) groups excluding carboxylic acids is 2. The summed E-state index contributed by atoms with van der Waals surface area (Å²) in [6.07, 6.45) is 8.14. The quantitative estimate of drug-likeness (QED) is 0.579. The minimum atomic E-state index is -0.359. The molecule has 0 unspecified atom stereocenters. The van der Waals surface area contributed by atoms with Crippen LogP contribution in [0.5, 0.6) is 0 Å². The molecule has 0 radical (unpaired) electrons. The van der Waals surface area contributed by atoms with Crippen LogP contribution in [0.1, 0.15) is 23.8 Å². The van der Waals surface area contributed by atoms with Crippen molar-refractivity contribution in [1.29, 1.82) is 5.26 Å². The van der Waals surface area contributed by atoms with Crippen LogP contribution >= 0.6 is 0 Å². The van der Waals surface area contributed by atoms with E-state index in [1.807, 2.05) is 31.2 Å². The van der Waals surface area contributed by atoms with E-state index in [-0.39, 0.29) is 36.4 Å². The topological polar surface area (TPSA) is 140 Å². The van der Waals surface area contributed by atoms with Crippen LogP contribution in [0.2, 0.25) is 0 Å². The minimum Gasteiger partial charge on any atom is -0.443 e. The minimum absolute atomic E-state index is 0.154. The van der Waals surface area contributed by atoms with Crippen molar-refractivity contribution in [2.24, 2.45) is 0 Å². The Labute approximate surface area is 177 Å². The Hall–Kier alpha value is -4.39. The van der Waals surface area contributed by atoms with Crippen LogP contribution in [-0.4, -0.2) is 45.3 Å². The van der Waals surface area contributed by atoms with Crippen molar-refractivity contribution in [3.05, 3.63) is 54.0 Å². The van der Waals surface area contributed by atoms with E-state index in [1.54, 1.807) is 17.3 Å². The van der Waals surface area contributed by atoms with Gasteiger partial charge in [0.15, 0.2) is 5.69 Å². The van der Waals surface area contributed by atoms with Crippen LogP contribution in [0, 0.1) is 11.3 Å². The molecule has 1 aliphatic heterocycles. The molecule has 4 heterocycles. The summed E-state index contributed by atoms with van der Waals surface area (Å²) < 4.78 is 5.54. The van der Waals surface area contributed by atoms with E-state index in [0.717, 1.165) is 16.8 Å². The molecule has 0 saturated heterocycles. The average molecular weight is 417 g/mol. The van der Waals surface area contributed by atoms with Gasteiger partial charge in [-0.1, -0.05) is 0 Å². The van der Waals surface area contributed by atoms with E-state index >= 15 is 0 Å². The van der Waals surface area contributed by atoms with Gasteiger partial charge in [0.1, 0.15) is 18.3 Å². The molecular formula is C21H19N7O3. The normalized spacial score (nSPS) is 13.4. The number of anilines is 1. The van der Waals surface area contributed by atoms with E-state index in [2.05, 4.69) is 25.6 Å². The number of fused-ring (bicyclic) bond motifs is 1. The SMILES string of the molecule is CNC(=O)c1coc(-c2cnc3[nH]ccc3c2NC2=CC=C(C)N(C(=O)CC#N)C2)n1. The molecule has 0 aromatic carbocycles. The maximum atomic E-state index is 12.3. The fraction of sp³-hybridized carbons (Fsp3) is 0.190. The Morgan fingerprint density at radius 3 is 3.00 bits per heavy atom. The lowest BCUT2D eigenvalue weighted by molar-refractivity contribution is -0.127. The van der Waals surface area contributed by atoms with E-state index in [4.69, 9.17) is 9.68 Å². The molecule has 3 N–H and O–H groups in total. The van der Waals surface area contributed by atoms with E-state index in [9.17, 15) is 9.59 Å². The molecule has 10 heteroatoms. The second-order valence-electron chi connectivity index (χ2n) is 6.84. The number of allylic oxidation sites excluding steroid dienone is 3. The van der Waals surface area contributed by atoms with E-state index in [0.29, 0.717) is 16.9 Å². The number of hydrogen-bond donors (Lipinski definition) is 3.